The number of hydrogen-bond donors (Lipinski definition) is 2. The first-order valence-corrected chi connectivity index (χ1v) is 8.51. The number of rotatable bonds is 5. The van der Waals surface area contributed by atoms with Gasteiger partial charge in [-0.15, -0.1) is 5.10 Å². The van der Waals surface area contributed by atoms with E-state index in [1.54, 1.807) is 0 Å². The molecule has 0 aliphatic heterocycles. The molecule has 1 aliphatic carbocycles. The summed E-state index contributed by atoms with van der Waals surface area (Å²) in [5.74, 6) is 1.74. The SMILES string of the molecule is Cc1cc(Br)ccc1NC(=O)CSc1n[nH]c(C2CC2)n1. The molecule has 1 aromatic carbocycles. The highest BCUT2D eigenvalue weighted by Gasteiger charge is 2.27. The lowest BCUT2D eigenvalue weighted by atomic mass is 10.2. The zero-order chi connectivity index (χ0) is 14.8. The van der Waals surface area contributed by atoms with Gasteiger partial charge in [-0.05, 0) is 43.5 Å². The monoisotopic (exact) mass is 366 g/mol. The molecule has 1 aliphatic rings. The van der Waals surface area contributed by atoms with Crippen LogP contribution in [0.4, 0.5) is 5.69 Å². The van der Waals surface area contributed by atoms with Crippen molar-refractivity contribution in [2.45, 2.75) is 30.8 Å². The number of H-pyrrole nitrogens is 1. The normalized spacial score (nSPS) is 14.2. The van der Waals surface area contributed by atoms with Crippen molar-refractivity contribution in [2.75, 3.05) is 11.1 Å². The second kappa shape index (κ2) is 6.19. The first-order chi connectivity index (χ1) is 10.1. The van der Waals surface area contributed by atoms with Crippen LogP contribution < -0.4 is 5.32 Å². The number of benzene rings is 1. The average molecular weight is 367 g/mol. The van der Waals surface area contributed by atoms with E-state index in [-0.39, 0.29) is 5.91 Å². The second-order valence-electron chi connectivity index (χ2n) is 5.07. The minimum Gasteiger partial charge on any atom is -0.325 e. The minimum atomic E-state index is -0.0526. The summed E-state index contributed by atoms with van der Waals surface area (Å²) < 4.78 is 1.00. The number of nitrogens with one attached hydrogen (secondary N) is 2. The summed E-state index contributed by atoms with van der Waals surface area (Å²) in [5.41, 5.74) is 1.86. The van der Waals surface area contributed by atoms with Gasteiger partial charge in [0.1, 0.15) is 5.82 Å². The molecule has 110 valence electrons. The van der Waals surface area contributed by atoms with Gasteiger partial charge in [-0.3, -0.25) is 9.89 Å². The van der Waals surface area contributed by atoms with E-state index < -0.39 is 0 Å². The Bertz CT molecular complexity index is 669. The molecule has 0 spiro atoms. The predicted molar refractivity (Wildman–Crippen MR) is 86.6 cm³/mol. The number of carbonyl (C=O) groups is 1. The van der Waals surface area contributed by atoms with Gasteiger partial charge in [-0.2, -0.15) is 0 Å². The van der Waals surface area contributed by atoms with Crippen molar-refractivity contribution in [3.05, 3.63) is 34.1 Å². The summed E-state index contributed by atoms with van der Waals surface area (Å²) in [5, 5.41) is 10.6. The Morgan fingerprint density at radius 3 is 3.05 bits per heavy atom. The molecule has 2 N–H and O–H groups in total. The topological polar surface area (TPSA) is 70.7 Å². The summed E-state index contributed by atoms with van der Waals surface area (Å²) in [6.07, 6.45) is 2.37. The number of anilines is 1. The van der Waals surface area contributed by atoms with E-state index in [9.17, 15) is 4.79 Å². The average Bonchev–Trinajstić information content (AvgIpc) is 3.19. The maximum atomic E-state index is 12.0. The number of aromatic amines is 1. The van der Waals surface area contributed by atoms with Gasteiger partial charge >= 0.3 is 0 Å². The summed E-state index contributed by atoms with van der Waals surface area (Å²) in [4.78, 5) is 16.4. The summed E-state index contributed by atoms with van der Waals surface area (Å²) >= 11 is 4.75. The Balaban J connectivity index is 1.53. The zero-order valence-electron chi connectivity index (χ0n) is 11.5. The summed E-state index contributed by atoms with van der Waals surface area (Å²) in [6, 6.07) is 5.77. The number of thioether (sulfide) groups is 1. The highest BCUT2D eigenvalue weighted by Crippen LogP contribution is 2.38. The molecule has 0 radical (unpaired) electrons. The standard InChI is InChI=1S/C14H15BrN4OS/c1-8-6-10(15)4-5-11(8)16-12(20)7-21-14-17-13(18-19-14)9-2-3-9/h4-6,9H,2-3,7H2,1H3,(H,16,20)(H,17,18,19). The van der Waals surface area contributed by atoms with Crippen LogP contribution in [0.3, 0.4) is 0 Å². The number of carbonyl (C=O) groups excluding carboxylic acids is 1. The number of halogens is 1. The third-order valence-corrected chi connectivity index (χ3v) is 4.58. The molecule has 7 heteroatoms. The zero-order valence-corrected chi connectivity index (χ0v) is 13.9. The van der Waals surface area contributed by atoms with Gasteiger partial charge in [0.2, 0.25) is 11.1 Å². The first-order valence-electron chi connectivity index (χ1n) is 6.73. The number of aryl methyl sites for hydroxylation is 1. The molecule has 1 amide bonds. The fraction of sp³-hybridized carbons (Fsp3) is 0.357. The third kappa shape index (κ3) is 3.85. The van der Waals surface area contributed by atoms with E-state index in [4.69, 9.17) is 0 Å². The van der Waals surface area contributed by atoms with Crippen LogP contribution in [0.25, 0.3) is 0 Å². The van der Waals surface area contributed by atoms with Crippen LogP contribution in [0.5, 0.6) is 0 Å². The van der Waals surface area contributed by atoms with E-state index >= 15 is 0 Å². The quantitative estimate of drug-likeness (QED) is 0.794. The van der Waals surface area contributed by atoms with Gasteiger partial charge in [-0.25, -0.2) is 4.98 Å². The molecular weight excluding hydrogens is 352 g/mol. The molecule has 1 aromatic heterocycles. The fourth-order valence-corrected chi connectivity index (χ4v) is 3.03. The number of nitrogens with zero attached hydrogens (tertiary/aromatic N) is 2. The highest BCUT2D eigenvalue weighted by molar-refractivity contribution is 9.10. The Labute approximate surface area is 135 Å². The molecule has 5 nitrogen and oxygen atoms in total. The van der Waals surface area contributed by atoms with Crippen LogP contribution >= 0.6 is 27.7 Å². The van der Waals surface area contributed by atoms with Crippen molar-refractivity contribution in [3.8, 4) is 0 Å². The van der Waals surface area contributed by atoms with Crippen molar-refractivity contribution < 1.29 is 4.79 Å². The van der Waals surface area contributed by atoms with Gasteiger partial charge in [0.15, 0.2) is 0 Å². The van der Waals surface area contributed by atoms with Crippen molar-refractivity contribution in [1.82, 2.24) is 15.2 Å². The molecular formula is C14H15BrN4OS. The van der Waals surface area contributed by atoms with Gasteiger partial charge in [0.25, 0.3) is 0 Å². The van der Waals surface area contributed by atoms with Crippen molar-refractivity contribution in [2.24, 2.45) is 0 Å². The van der Waals surface area contributed by atoms with E-state index in [2.05, 4.69) is 36.4 Å². The molecule has 0 bridgehead atoms. The molecule has 3 rings (SSSR count). The summed E-state index contributed by atoms with van der Waals surface area (Å²) in [6.45, 7) is 1.96. The Morgan fingerprint density at radius 1 is 1.52 bits per heavy atom. The Morgan fingerprint density at radius 2 is 2.33 bits per heavy atom. The number of aromatic nitrogens is 3. The van der Waals surface area contributed by atoms with Crippen LogP contribution in [0.1, 0.15) is 30.1 Å². The van der Waals surface area contributed by atoms with Gasteiger partial charge in [-0.1, -0.05) is 27.7 Å². The maximum absolute atomic E-state index is 12.0. The summed E-state index contributed by atoms with van der Waals surface area (Å²) in [7, 11) is 0. The molecule has 1 saturated carbocycles. The maximum Gasteiger partial charge on any atom is 0.234 e. The predicted octanol–water partition coefficient (Wildman–Crippen LogP) is 3.48. The van der Waals surface area contributed by atoms with Crippen molar-refractivity contribution >= 4 is 39.3 Å². The second-order valence-corrected chi connectivity index (χ2v) is 6.93. The van der Waals surface area contributed by atoms with E-state index in [0.29, 0.717) is 16.8 Å². The molecule has 2 aromatic rings. The van der Waals surface area contributed by atoms with Crippen LogP contribution in [0, 0.1) is 6.92 Å². The molecule has 21 heavy (non-hydrogen) atoms. The molecule has 0 saturated heterocycles. The van der Waals surface area contributed by atoms with Crippen LogP contribution in [-0.4, -0.2) is 26.8 Å². The van der Waals surface area contributed by atoms with Gasteiger partial charge in [0.05, 0.1) is 5.75 Å². The van der Waals surface area contributed by atoms with Crippen LogP contribution in [-0.2, 0) is 4.79 Å². The number of hydrogen-bond acceptors (Lipinski definition) is 4. The molecule has 0 unspecified atom stereocenters. The molecule has 0 atom stereocenters. The smallest absolute Gasteiger partial charge is 0.234 e. The lowest BCUT2D eigenvalue weighted by Crippen LogP contribution is -2.14. The number of amides is 1. The lowest BCUT2D eigenvalue weighted by molar-refractivity contribution is -0.113. The van der Waals surface area contributed by atoms with Crippen LogP contribution in [0.15, 0.2) is 27.8 Å². The van der Waals surface area contributed by atoms with E-state index in [1.807, 2.05) is 25.1 Å². The van der Waals surface area contributed by atoms with E-state index in [1.165, 1.54) is 24.6 Å². The largest absolute Gasteiger partial charge is 0.325 e. The van der Waals surface area contributed by atoms with Crippen LogP contribution in [0.2, 0.25) is 0 Å². The Hall–Kier alpha value is -1.34. The fourth-order valence-electron chi connectivity index (χ4n) is 1.95. The van der Waals surface area contributed by atoms with Crippen molar-refractivity contribution in [1.29, 1.82) is 0 Å². The first kappa shape index (κ1) is 14.6. The van der Waals surface area contributed by atoms with Gasteiger partial charge in [0, 0.05) is 16.1 Å². The Kier molecular flexibility index (Phi) is 4.30. The lowest BCUT2D eigenvalue weighted by Gasteiger charge is -2.07. The van der Waals surface area contributed by atoms with Crippen molar-refractivity contribution in [3.63, 3.8) is 0 Å². The highest BCUT2D eigenvalue weighted by atomic mass is 79.9. The molecule has 1 fully saturated rings. The third-order valence-electron chi connectivity index (χ3n) is 3.24. The van der Waals surface area contributed by atoms with Gasteiger partial charge < -0.3 is 5.32 Å². The molecule has 1 heterocycles. The minimum absolute atomic E-state index is 0.0526. The van der Waals surface area contributed by atoms with E-state index in [0.717, 1.165) is 21.5 Å².